The van der Waals surface area contributed by atoms with Crippen LogP contribution in [0.5, 0.6) is 0 Å². The van der Waals surface area contributed by atoms with E-state index in [1.807, 2.05) is 0 Å². The number of unbranched alkanes of at least 4 members (excludes halogenated alkanes) is 1. The monoisotopic (exact) mass is 371 g/mol. The van der Waals surface area contributed by atoms with Crippen LogP contribution in [0.15, 0.2) is 54.6 Å². The second-order valence-corrected chi connectivity index (χ2v) is 8.25. The highest BCUT2D eigenvalue weighted by atomic mass is 15.2. The van der Waals surface area contributed by atoms with Crippen LogP contribution in [0.3, 0.4) is 0 Å². The number of hydrogen-bond donors (Lipinski definition) is 1. The van der Waals surface area contributed by atoms with Gasteiger partial charge in [-0.2, -0.15) is 0 Å². The maximum Gasteiger partial charge on any atom is 0.0426 e. The summed E-state index contributed by atoms with van der Waals surface area (Å²) in [6.45, 7) is 7.12. The molecule has 0 atom stereocenters. The number of nitrogens with one attached hydrogen (secondary N) is 1. The standard InChI is InChI=1S/C25H29N3/c1-27-14-16-28(17-15-27)13-3-2-12-26-23-18-21-8-4-6-19-10-11-20-7-5-9-22(23)25(20)24(19)21/h4-11,18,26H,2-3,12-17H2,1H3. The molecule has 5 rings (SSSR count). The Hall–Kier alpha value is -2.36. The zero-order valence-electron chi connectivity index (χ0n) is 16.7. The summed E-state index contributed by atoms with van der Waals surface area (Å²) in [5.74, 6) is 0. The zero-order valence-corrected chi connectivity index (χ0v) is 16.7. The van der Waals surface area contributed by atoms with Gasteiger partial charge in [0.15, 0.2) is 0 Å². The lowest BCUT2D eigenvalue weighted by molar-refractivity contribution is 0.152. The van der Waals surface area contributed by atoms with E-state index >= 15 is 0 Å². The topological polar surface area (TPSA) is 18.5 Å². The normalized spacial score (nSPS) is 16.5. The van der Waals surface area contributed by atoms with E-state index < -0.39 is 0 Å². The van der Waals surface area contributed by atoms with E-state index in [4.69, 9.17) is 0 Å². The molecule has 3 nitrogen and oxygen atoms in total. The molecule has 1 aliphatic heterocycles. The van der Waals surface area contributed by atoms with Crippen molar-refractivity contribution in [2.75, 3.05) is 51.6 Å². The molecule has 1 aliphatic rings. The van der Waals surface area contributed by atoms with Crippen LogP contribution in [0.4, 0.5) is 5.69 Å². The van der Waals surface area contributed by atoms with Crippen LogP contribution in [0.2, 0.25) is 0 Å². The minimum absolute atomic E-state index is 1.04. The van der Waals surface area contributed by atoms with E-state index in [0.717, 1.165) is 6.54 Å². The number of piperazine rings is 1. The Labute approximate surface area is 167 Å². The molecule has 0 aliphatic carbocycles. The SMILES string of the molecule is CN1CCN(CCCCNc2cc3cccc4ccc5cccc2c5c43)CC1. The average molecular weight is 372 g/mol. The zero-order chi connectivity index (χ0) is 18.9. The summed E-state index contributed by atoms with van der Waals surface area (Å²) in [5, 5.41) is 11.9. The molecule has 0 aromatic heterocycles. The van der Waals surface area contributed by atoms with Gasteiger partial charge in [0, 0.05) is 43.8 Å². The summed E-state index contributed by atoms with van der Waals surface area (Å²) < 4.78 is 0. The maximum atomic E-state index is 3.74. The lowest BCUT2D eigenvalue weighted by Gasteiger charge is -2.32. The predicted molar refractivity (Wildman–Crippen MR) is 122 cm³/mol. The number of benzene rings is 4. The molecule has 4 aromatic rings. The van der Waals surface area contributed by atoms with Crippen molar-refractivity contribution in [3.8, 4) is 0 Å². The number of hydrogen-bond acceptors (Lipinski definition) is 3. The van der Waals surface area contributed by atoms with Gasteiger partial charge in [0.05, 0.1) is 0 Å². The molecule has 0 radical (unpaired) electrons. The van der Waals surface area contributed by atoms with Gasteiger partial charge in [0.2, 0.25) is 0 Å². The Balaban J connectivity index is 1.31. The first-order valence-corrected chi connectivity index (χ1v) is 10.6. The van der Waals surface area contributed by atoms with Crippen LogP contribution < -0.4 is 5.32 Å². The smallest absolute Gasteiger partial charge is 0.0426 e. The summed E-state index contributed by atoms with van der Waals surface area (Å²) in [7, 11) is 2.22. The molecule has 0 unspecified atom stereocenters. The van der Waals surface area contributed by atoms with E-state index in [1.165, 1.54) is 83.6 Å². The highest BCUT2D eigenvalue weighted by Crippen LogP contribution is 2.38. The van der Waals surface area contributed by atoms with Gasteiger partial charge in [-0.05, 0) is 59.4 Å². The van der Waals surface area contributed by atoms with Gasteiger partial charge in [-0.3, -0.25) is 0 Å². The van der Waals surface area contributed by atoms with E-state index in [9.17, 15) is 0 Å². The molecule has 0 bridgehead atoms. The van der Waals surface area contributed by atoms with E-state index in [0.29, 0.717) is 0 Å². The van der Waals surface area contributed by atoms with Gasteiger partial charge < -0.3 is 15.1 Å². The van der Waals surface area contributed by atoms with Crippen LogP contribution in [0.25, 0.3) is 32.3 Å². The van der Waals surface area contributed by atoms with Crippen LogP contribution in [-0.4, -0.2) is 56.1 Å². The summed E-state index contributed by atoms with van der Waals surface area (Å²) in [4.78, 5) is 5.03. The molecule has 3 heteroatoms. The van der Waals surface area contributed by atoms with Crippen molar-refractivity contribution in [1.29, 1.82) is 0 Å². The van der Waals surface area contributed by atoms with Gasteiger partial charge in [-0.15, -0.1) is 0 Å². The molecular formula is C25H29N3. The second-order valence-electron chi connectivity index (χ2n) is 8.25. The van der Waals surface area contributed by atoms with Gasteiger partial charge in [-0.1, -0.05) is 48.5 Å². The quantitative estimate of drug-likeness (QED) is 0.379. The predicted octanol–water partition coefficient (Wildman–Crippen LogP) is 5.02. The lowest BCUT2D eigenvalue weighted by atomic mass is 9.93. The molecule has 28 heavy (non-hydrogen) atoms. The Morgan fingerprint density at radius 2 is 1.50 bits per heavy atom. The number of anilines is 1. The lowest BCUT2D eigenvalue weighted by Crippen LogP contribution is -2.44. The first kappa shape index (κ1) is 17.7. The summed E-state index contributed by atoms with van der Waals surface area (Å²) in [6.07, 6.45) is 2.48. The fourth-order valence-electron chi connectivity index (χ4n) is 4.66. The largest absolute Gasteiger partial charge is 0.385 e. The molecule has 1 heterocycles. The Morgan fingerprint density at radius 1 is 0.786 bits per heavy atom. The minimum atomic E-state index is 1.04. The molecule has 0 saturated carbocycles. The molecule has 1 saturated heterocycles. The van der Waals surface area contributed by atoms with Crippen molar-refractivity contribution in [3.05, 3.63) is 54.6 Å². The van der Waals surface area contributed by atoms with Crippen LogP contribution >= 0.6 is 0 Å². The second kappa shape index (κ2) is 7.57. The Morgan fingerprint density at radius 3 is 2.32 bits per heavy atom. The molecule has 1 fully saturated rings. The van der Waals surface area contributed by atoms with Crippen LogP contribution in [0, 0.1) is 0 Å². The fourth-order valence-corrected chi connectivity index (χ4v) is 4.66. The fraction of sp³-hybridized carbons (Fsp3) is 0.360. The highest BCUT2D eigenvalue weighted by molar-refractivity contribution is 6.25. The minimum Gasteiger partial charge on any atom is -0.385 e. The third-order valence-electron chi connectivity index (χ3n) is 6.32. The van der Waals surface area contributed by atoms with E-state index in [-0.39, 0.29) is 0 Å². The molecular weight excluding hydrogens is 342 g/mol. The Kier molecular flexibility index (Phi) is 4.79. The summed E-state index contributed by atoms with van der Waals surface area (Å²) in [6, 6.07) is 20.1. The third kappa shape index (κ3) is 3.30. The first-order chi connectivity index (χ1) is 13.8. The maximum absolute atomic E-state index is 3.74. The van der Waals surface area contributed by atoms with Crippen molar-refractivity contribution in [2.24, 2.45) is 0 Å². The first-order valence-electron chi connectivity index (χ1n) is 10.6. The van der Waals surface area contributed by atoms with Crippen molar-refractivity contribution < 1.29 is 0 Å². The Bertz CT molecular complexity index is 1080. The van der Waals surface area contributed by atoms with E-state index in [2.05, 4.69) is 76.8 Å². The van der Waals surface area contributed by atoms with Crippen molar-refractivity contribution >= 4 is 38.0 Å². The molecule has 144 valence electrons. The third-order valence-corrected chi connectivity index (χ3v) is 6.32. The molecule has 4 aromatic carbocycles. The highest BCUT2D eigenvalue weighted by Gasteiger charge is 2.13. The van der Waals surface area contributed by atoms with Gasteiger partial charge >= 0.3 is 0 Å². The number of likely N-dealkylation sites (N-methyl/N-ethyl adjacent to an activating group) is 1. The van der Waals surface area contributed by atoms with Crippen molar-refractivity contribution in [3.63, 3.8) is 0 Å². The molecule has 0 spiro atoms. The van der Waals surface area contributed by atoms with Crippen LogP contribution in [0.1, 0.15) is 12.8 Å². The van der Waals surface area contributed by atoms with E-state index in [1.54, 1.807) is 0 Å². The number of nitrogens with zero attached hydrogens (tertiary/aromatic N) is 2. The number of rotatable bonds is 6. The van der Waals surface area contributed by atoms with Gasteiger partial charge in [0.25, 0.3) is 0 Å². The van der Waals surface area contributed by atoms with Gasteiger partial charge in [0.1, 0.15) is 0 Å². The van der Waals surface area contributed by atoms with Crippen molar-refractivity contribution in [1.82, 2.24) is 9.80 Å². The average Bonchev–Trinajstić information content (AvgIpc) is 2.73. The summed E-state index contributed by atoms with van der Waals surface area (Å²) in [5.41, 5.74) is 1.27. The molecule has 1 N–H and O–H groups in total. The van der Waals surface area contributed by atoms with Gasteiger partial charge in [-0.25, -0.2) is 0 Å². The van der Waals surface area contributed by atoms with Crippen LogP contribution in [-0.2, 0) is 0 Å². The molecule has 0 amide bonds. The van der Waals surface area contributed by atoms with Crippen molar-refractivity contribution in [2.45, 2.75) is 12.8 Å². The summed E-state index contributed by atoms with van der Waals surface area (Å²) >= 11 is 0.